The van der Waals surface area contributed by atoms with Crippen LogP contribution in [0.1, 0.15) is 17.5 Å². The van der Waals surface area contributed by atoms with Gasteiger partial charge in [-0.2, -0.15) is 0 Å². The van der Waals surface area contributed by atoms with Gasteiger partial charge in [0, 0.05) is 32.7 Å². The van der Waals surface area contributed by atoms with Crippen LogP contribution < -0.4 is 20.3 Å². The lowest BCUT2D eigenvalue weighted by Gasteiger charge is -2.22. The van der Waals surface area contributed by atoms with Gasteiger partial charge in [0.25, 0.3) is 0 Å². The monoisotopic (exact) mass is 352 g/mol. The average molecular weight is 352 g/mol. The van der Waals surface area contributed by atoms with E-state index in [2.05, 4.69) is 63.8 Å². The number of aryl methyl sites for hydroxylation is 1. The van der Waals surface area contributed by atoms with Crippen LogP contribution in [0.5, 0.6) is 5.75 Å². The molecule has 0 amide bonds. The van der Waals surface area contributed by atoms with Gasteiger partial charge in [0.05, 0.1) is 12.8 Å². The van der Waals surface area contributed by atoms with Crippen molar-refractivity contribution in [2.45, 2.75) is 25.9 Å². The summed E-state index contributed by atoms with van der Waals surface area (Å²) in [7, 11) is 3.54. The Bertz CT molecular complexity index is 759. The third-order valence-electron chi connectivity index (χ3n) is 4.72. The molecule has 2 aromatic carbocycles. The summed E-state index contributed by atoms with van der Waals surface area (Å²) in [5.74, 6) is 1.77. The Morgan fingerprint density at radius 1 is 1.23 bits per heavy atom. The summed E-state index contributed by atoms with van der Waals surface area (Å²) in [6.45, 7) is 4.82. The van der Waals surface area contributed by atoms with Crippen molar-refractivity contribution in [1.29, 1.82) is 0 Å². The van der Waals surface area contributed by atoms with Crippen LogP contribution in [-0.2, 0) is 6.54 Å². The van der Waals surface area contributed by atoms with E-state index in [1.807, 2.05) is 19.2 Å². The number of guanidine groups is 1. The number of nitrogens with zero attached hydrogens (tertiary/aromatic N) is 2. The van der Waals surface area contributed by atoms with E-state index < -0.39 is 0 Å². The minimum Gasteiger partial charge on any atom is -0.495 e. The number of ether oxygens (including phenoxy) is 1. The predicted molar refractivity (Wildman–Crippen MR) is 108 cm³/mol. The molecule has 2 aromatic rings. The molecule has 0 radical (unpaired) electrons. The number of aliphatic imine (C=N–C) groups is 1. The first-order chi connectivity index (χ1) is 12.7. The van der Waals surface area contributed by atoms with E-state index in [9.17, 15) is 0 Å². The van der Waals surface area contributed by atoms with Crippen molar-refractivity contribution >= 4 is 11.6 Å². The first-order valence-corrected chi connectivity index (χ1v) is 9.10. The van der Waals surface area contributed by atoms with Crippen LogP contribution >= 0.6 is 0 Å². The molecular formula is C21H28N4O. The van der Waals surface area contributed by atoms with Gasteiger partial charge in [-0.1, -0.05) is 42.0 Å². The fourth-order valence-electron chi connectivity index (χ4n) is 3.38. The third kappa shape index (κ3) is 4.48. The molecule has 0 saturated carbocycles. The van der Waals surface area contributed by atoms with Crippen LogP contribution in [0.3, 0.4) is 0 Å². The minimum absolute atomic E-state index is 0.364. The SMILES string of the molecule is CN=C(NCc1cccc(C)c1)NC1CCN(c2ccccc2OC)C1. The van der Waals surface area contributed by atoms with Crippen molar-refractivity contribution in [2.75, 3.05) is 32.1 Å². The predicted octanol–water partition coefficient (Wildman–Crippen LogP) is 2.95. The molecule has 1 saturated heterocycles. The molecule has 1 aliphatic heterocycles. The molecule has 1 unspecified atom stereocenters. The molecule has 1 fully saturated rings. The average Bonchev–Trinajstić information content (AvgIpc) is 3.13. The largest absolute Gasteiger partial charge is 0.495 e. The Balaban J connectivity index is 1.55. The van der Waals surface area contributed by atoms with E-state index in [0.717, 1.165) is 43.5 Å². The zero-order valence-corrected chi connectivity index (χ0v) is 15.8. The van der Waals surface area contributed by atoms with Gasteiger partial charge >= 0.3 is 0 Å². The molecule has 1 aliphatic rings. The number of benzene rings is 2. The molecule has 5 nitrogen and oxygen atoms in total. The van der Waals surface area contributed by atoms with Gasteiger partial charge < -0.3 is 20.3 Å². The molecule has 26 heavy (non-hydrogen) atoms. The molecule has 1 heterocycles. The molecule has 5 heteroatoms. The molecule has 0 aromatic heterocycles. The van der Waals surface area contributed by atoms with E-state index in [-0.39, 0.29) is 0 Å². The van der Waals surface area contributed by atoms with Crippen molar-refractivity contribution in [1.82, 2.24) is 10.6 Å². The van der Waals surface area contributed by atoms with E-state index in [1.165, 1.54) is 11.1 Å². The third-order valence-corrected chi connectivity index (χ3v) is 4.72. The fraction of sp³-hybridized carbons (Fsp3) is 0.381. The highest BCUT2D eigenvalue weighted by Crippen LogP contribution is 2.30. The number of para-hydroxylation sites is 2. The molecule has 0 bridgehead atoms. The highest BCUT2D eigenvalue weighted by atomic mass is 16.5. The van der Waals surface area contributed by atoms with Gasteiger partial charge in [0.15, 0.2) is 5.96 Å². The van der Waals surface area contributed by atoms with Crippen molar-refractivity contribution in [2.24, 2.45) is 4.99 Å². The second kappa shape index (κ2) is 8.61. The molecule has 2 N–H and O–H groups in total. The van der Waals surface area contributed by atoms with Crippen LogP contribution in [0.15, 0.2) is 53.5 Å². The van der Waals surface area contributed by atoms with Gasteiger partial charge in [-0.3, -0.25) is 4.99 Å². The summed E-state index contributed by atoms with van der Waals surface area (Å²) in [5, 5.41) is 6.96. The maximum atomic E-state index is 5.49. The van der Waals surface area contributed by atoms with E-state index in [0.29, 0.717) is 6.04 Å². The number of hydrogen-bond acceptors (Lipinski definition) is 3. The Morgan fingerprint density at radius 2 is 2.08 bits per heavy atom. The van der Waals surface area contributed by atoms with E-state index >= 15 is 0 Å². The first-order valence-electron chi connectivity index (χ1n) is 9.10. The first kappa shape index (κ1) is 18.1. The smallest absolute Gasteiger partial charge is 0.191 e. The Labute approximate surface area is 156 Å². The van der Waals surface area contributed by atoms with Crippen LogP contribution in [-0.4, -0.2) is 39.2 Å². The summed E-state index contributed by atoms with van der Waals surface area (Å²) < 4.78 is 5.49. The lowest BCUT2D eigenvalue weighted by atomic mass is 10.1. The van der Waals surface area contributed by atoms with Crippen LogP contribution in [0.25, 0.3) is 0 Å². The highest BCUT2D eigenvalue weighted by molar-refractivity contribution is 5.80. The lowest BCUT2D eigenvalue weighted by molar-refractivity contribution is 0.415. The number of hydrogen-bond donors (Lipinski definition) is 2. The van der Waals surface area contributed by atoms with Gasteiger partial charge in [0.2, 0.25) is 0 Å². The van der Waals surface area contributed by atoms with E-state index in [4.69, 9.17) is 4.74 Å². The number of rotatable bonds is 5. The maximum Gasteiger partial charge on any atom is 0.191 e. The zero-order valence-electron chi connectivity index (χ0n) is 15.8. The van der Waals surface area contributed by atoms with Crippen molar-refractivity contribution < 1.29 is 4.74 Å². The number of anilines is 1. The fourth-order valence-corrected chi connectivity index (χ4v) is 3.38. The van der Waals surface area contributed by atoms with Crippen molar-refractivity contribution in [3.05, 3.63) is 59.7 Å². The quantitative estimate of drug-likeness (QED) is 0.642. The minimum atomic E-state index is 0.364. The second-order valence-electron chi connectivity index (χ2n) is 6.66. The maximum absolute atomic E-state index is 5.49. The summed E-state index contributed by atoms with van der Waals surface area (Å²) in [6, 6.07) is 17.1. The molecule has 3 rings (SSSR count). The summed E-state index contributed by atoms with van der Waals surface area (Å²) in [4.78, 5) is 6.74. The van der Waals surface area contributed by atoms with E-state index in [1.54, 1.807) is 7.11 Å². The number of nitrogens with one attached hydrogen (secondary N) is 2. The molecule has 138 valence electrons. The van der Waals surface area contributed by atoms with Crippen LogP contribution in [0.2, 0.25) is 0 Å². The Morgan fingerprint density at radius 3 is 2.85 bits per heavy atom. The Hall–Kier alpha value is -2.69. The van der Waals surface area contributed by atoms with Crippen molar-refractivity contribution in [3.8, 4) is 5.75 Å². The summed E-state index contributed by atoms with van der Waals surface area (Å²) in [6.07, 6.45) is 1.07. The van der Waals surface area contributed by atoms with Crippen molar-refractivity contribution in [3.63, 3.8) is 0 Å². The molecule has 0 spiro atoms. The Kier molecular flexibility index (Phi) is 6.00. The topological polar surface area (TPSA) is 48.9 Å². The second-order valence-corrected chi connectivity index (χ2v) is 6.66. The molecule has 1 atom stereocenters. The molecular weight excluding hydrogens is 324 g/mol. The summed E-state index contributed by atoms with van der Waals surface area (Å²) in [5.41, 5.74) is 3.69. The molecule has 0 aliphatic carbocycles. The van der Waals surface area contributed by atoms with Gasteiger partial charge in [-0.05, 0) is 31.0 Å². The lowest BCUT2D eigenvalue weighted by Crippen LogP contribution is -2.44. The standard InChI is InChI=1S/C21H28N4O/c1-16-7-6-8-17(13-16)14-23-21(22-2)24-18-11-12-25(15-18)19-9-4-5-10-20(19)26-3/h4-10,13,18H,11-12,14-15H2,1-3H3,(H2,22,23,24). The number of methoxy groups -OCH3 is 1. The normalized spacial score (nSPS) is 17.3. The van der Waals surface area contributed by atoms with Gasteiger partial charge in [0.1, 0.15) is 5.75 Å². The van der Waals surface area contributed by atoms with Crippen LogP contribution in [0.4, 0.5) is 5.69 Å². The van der Waals surface area contributed by atoms with Gasteiger partial charge in [-0.15, -0.1) is 0 Å². The summed E-state index contributed by atoms with van der Waals surface area (Å²) >= 11 is 0. The zero-order chi connectivity index (χ0) is 18.4. The van der Waals surface area contributed by atoms with Crippen LogP contribution in [0, 0.1) is 6.92 Å². The highest BCUT2D eigenvalue weighted by Gasteiger charge is 2.25. The van der Waals surface area contributed by atoms with Gasteiger partial charge in [-0.25, -0.2) is 0 Å².